The molecule has 1 atom stereocenters. The molecule has 4 heteroatoms. The fourth-order valence-corrected chi connectivity index (χ4v) is 2.32. The summed E-state index contributed by atoms with van der Waals surface area (Å²) in [6.45, 7) is 11.7. The van der Waals surface area contributed by atoms with Crippen molar-refractivity contribution in [2.24, 2.45) is 5.92 Å². The Labute approximate surface area is 128 Å². The van der Waals surface area contributed by atoms with Gasteiger partial charge in [0.05, 0.1) is 12.2 Å². The quantitative estimate of drug-likeness (QED) is 0.807. The lowest BCUT2D eigenvalue weighted by Crippen LogP contribution is -2.21. The third-order valence-electron chi connectivity index (χ3n) is 3.82. The van der Waals surface area contributed by atoms with E-state index in [4.69, 9.17) is 0 Å². The van der Waals surface area contributed by atoms with Crippen molar-refractivity contribution in [2.45, 2.75) is 53.2 Å². The van der Waals surface area contributed by atoms with Gasteiger partial charge in [-0.05, 0) is 44.0 Å². The van der Waals surface area contributed by atoms with Gasteiger partial charge in [0.15, 0.2) is 0 Å². The first-order chi connectivity index (χ1) is 10.1. The van der Waals surface area contributed by atoms with Crippen LogP contribution in [0.2, 0.25) is 0 Å². The highest BCUT2D eigenvalue weighted by Crippen LogP contribution is 2.11. The summed E-state index contributed by atoms with van der Waals surface area (Å²) >= 11 is 0. The van der Waals surface area contributed by atoms with E-state index in [-0.39, 0.29) is 0 Å². The predicted octanol–water partition coefficient (Wildman–Crippen LogP) is 3.45. The number of nitrogens with zero attached hydrogens (tertiary/aromatic N) is 3. The number of hydrogen-bond acceptors (Lipinski definition) is 2. The Balaban J connectivity index is 1.96. The van der Waals surface area contributed by atoms with Crippen LogP contribution < -0.4 is 5.32 Å². The molecule has 4 nitrogen and oxygen atoms in total. The Kier molecular flexibility index (Phi) is 5.62. The van der Waals surface area contributed by atoms with E-state index in [9.17, 15) is 0 Å². The molecule has 1 N–H and O–H groups in total. The molecule has 2 aromatic rings. The van der Waals surface area contributed by atoms with E-state index >= 15 is 0 Å². The van der Waals surface area contributed by atoms with Crippen molar-refractivity contribution in [3.05, 3.63) is 42.0 Å². The normalized spacial score (nSPS) is 13.0. The molecule has 0 saturated carbocycles. The maximum Gasteiger partial charge on any atom is 0.0821 e. The SMILES string of the molecule is CCC(C)n1ccc(Cn2cccc2CNCC(C)C)n1. The van der Waals surface area contributed by atoms with E-state index in [1.165, 1.54) is 5.69 Å². The summed E-state index contributed by atoms with van der Waals surface area (Å²) in [6.07, 6.45) is 5.33. The monoisotopic (exact) mass is 288 g/mol. The smallest absolute Gasteiger partial charge is 0.0821 e. The lowest BCUT2D eigenvalue weighted by Gasteiger charge is -2.11. The molecule has 0 aliphatic rings. The minimum absolute atomic E-state index is 0.468. The maximum atomic E-state index is 4.68. The molecule has 0 saturated heterocycles. The first kappa shape index (κ1) is 15.8. The highest BCUT2D eigenvalue weighted by molar-refractivity contribution is 5.10. The second-order valence-electron chi connectivity index (χ2n) is 6.20. The second-order valence-corrected chi connectivity index (χ2v) is 6.20. The van der Waals surface area contributed by atoms with Gasteiger partial charge in [0.2, 0.25) is 0 Å². The first-order valence-electron chi connectivity index (χ1n) is 7.99. The molecule has 0 bridgehead atoms. The number of hydrogen-bond donors (Lipinski definition) is 1. The molecule has 0 aromatic carbocycles. The minimum atomic E-state index is 0.468. The standard InChI is InChI=1S/C17H28N4/c1-5-15(4)21-10-8-16(19-21)13-20-9-6-7-17(20)12-18-11-14(2)3/h6-10,14-15,18H,5,11-13H2,1-4H3. The molecule has 0 amide bonds. The molecule has 116 valence electrons. The highest BCUT2D eigenvalue weighted by Gasteiger charge is 2.07. The van der Waals surface area contributed by atoms with Crippen LogP contribution in [0.25, 0.3) is 0 Å². The van der Waals surface area contributed by atoms with Gasteiger partial charge in [-0.2, -0.15) is 5.10 Å². The van der Waals surface area contributed by atoms with Gasteiger partial charge in [0, 0.05) is 30.7 Å². The summed E-state index contributed by atoms with van der Waals surface area (Å²) in [4.78, 5) is 0. The maximum absolute atomic E-state index is 4.68. The number of rotatable bonds is 8. The molecular weight excluding hydrogens is 260 g/mol. The van der Waals surface area contributed by atoms with Crippen LogP contribution in [0.1, 0.15) is 51.5 Å². The lowest BCUT2D eigenvalue weighted by molar-refractivity contribution is 0.471. The van der Waals surface area contributed by atoms with Crippen LogP contribution in [0, 0.1) is 5.92 Å². The van der Waals surface area contributed by atoms with Crippen LogP contribution in [0.3, 0.4) is 0 Å². The Bertz CT molecular complexity index is 538. The van der Waals surface area contributed by atoms with Gasteiger partial charge in [-0.3, -0.25) is 4.68 Å². The van der Waals surface area contributed by atoms with Crippen molar-refractivity contribution >= 4 is 0 Å². The van der Waals surface area contributed by atoms with Gasteiger partial charge in [-0.25, -0.2) is 0 Å². The molecule has 0 spiro atoms. The van der Waals surface area contributed by atoms with Crippen LogP contribution >= 0.6 is 0 Å². The summed E-state index contributed by atoms with van der Waals surface area (Å²) in [5.74, 6) is 0.680. The first-order valence-corrected chi connectivity index (χ1v) is 7.99. The zero-order valence-corrected chi connectivity index (χ0v) is 13.7. The summed E-state index contributed by atoms with van der Waals surface area (Å²) in [5.41, 5.74) is 2.44. The molecule has 0 radical (unpaired) electrons. The van der Waals surface area contributed by atoms with Crippen LogP contribution in [0.4, 0.5) is 0 Å². The molecule has 0 fully saturated rings. The van der Waals surface area contributed by atoms with E-state index in [2.05, 4.69) is 78.0 Å². The highest BCUT2D eigenvalue weighted by atomic mass is 15.3. The molecule has 0 aliphatic carbocycles. The fourth-order valence-electron chi connectivity index (χ4n) is 2.32. The summed E-state index contributed by atoms with van der Waals surface area (Å²) < 4.78 is 4.34. The zero-order valence-electron chi connectivity index (χ0n) is 13.7. The zero-order chi connectivity index (χ0) is 15.2. The molecule has 2 heterocycles. The molecular formula is C17H28N4. The third-order valence-corrected chi connectivity index (χ3v) is 3.82. The molecule has 1 unspecified atom stereocenters. The van der Waals surface area contributed by atoms with E-state index < -0.39 is 0 Å². The summed E-state index contributed by atoms with van der Waals surface area (Å²) in [7, 11) is 0. The van der Waals surface area contributed by atoms with Crippen LogP contribution in [0.5, 0.6) is 0 Å². The second kappa shape index (κ2) is 7.46. The van der Waals surface area contributed by atoms with Crippen LogP contribution in [-0.2, 0) is 13.1 Å². The average molecular weight is 288 g/mol. The summed E-state index contributed by atoms with van der Waals surface area (Å²) in [5, 5.41) is 8.18. The van der Waals surface area contributed by atoms with Gasteiger partial charge in [0.1, 0.15) is 0 Å². The van der Waals surface area contributed by atoms with E-state index in [1.54, 1.807) is 0 Å². The number of aromatic nitrogens is 3. The van der Waals surface area contributed by atoms with Crippen molar-refractivity contribution < 1.29 is 0 Å². The average Bonchev–Trinajstić information content (AvgIpc) is 3.08. The van der Waals surface area contributed by atoms with E-state index in [0.29, 0.717) is 12.0 Å². The Morgan fingerprint density at radius 2 is 2.00 bits per heavy atom. The van der Waals surface area contributed by atoms with Crippen molar-refractivity contribution in [3.8, 4) is 0 Å². The van der Waals surface area contributed by atoms with Crippen molar-refractivity contribution in [2.75, 3.05) is 6.54 Å². The van der Waals surface area contributed by atoms with Crippen molar-refractivity contribution in [1.29, 1.82) is 0 Å². The topological polar surface area (TPSA) is 34.8 Å². The van der Waals surface area contributed by atoms with Gasteiger partial charge in [0.25, 0.3) is 0 Å². The van der Waals surface area contributed by atoms with Crippen molar-refractivity contribution in [3.63, 3.8) is 0 Å². The van der Waals surface area contributed by atoms with E-state index in [1.807, 2.05) is 0 Å². The van der Waals surface area contributed by atoms with Crippen LogP contribution in [0.15, 0.2) is 30.6 Å². The van der Waals surface area contributed by atoms with E-state index in [0.717, 1.165) is 31.7 Å². The molecule has 0 aliphatic heterocycles. The Hall–Kier alpha value is -1.55. The Morgan fingerprint density at radius 3 is 2.71 bits per heavy atom. The van der Waals surface area contributed by atoms with Gasteiger partial charge in [-0.1, -0.05) is 20.8 Å². The summed E-state index contributed by atoms with van der Waals surface area (Å²) in [6, 6.07) is 6.88. The third kappa shape index (κ3) is 4.46. The van der Waals surface area contributed by atoms with Crippen molar-refractivity contribution in [1.82, 2.24) is 19.7 Å². The van der Waals surface area contributed by atoms with Gasteiger partial charge >= 0.3 is 0 Å². The predicted molar refractivity (Wildman–Crippen MR) is 87.3 cm³/mol. The Morgan fingerprint density at radius 1 is 1.19 bits per heavy atom. The largest absolute Gasteiger partial charge is 0.344 e. The molecule has 2 aromatic heterocycles. The minimum Gasteiger partial charge on any atom is -0.344 e. The van der Waals surface area contributed by atoms with Crippen LogP contribution in [-0.4, -0.2) is 20.9 Å². The fraction of sp³-hybridized carbons (Fsp3) is 0.588. The molecule has 21 heavy (non-hydrogen) atoms. The van der Waals surface area contributed by atoms with Gasteiger partial charge < -0.3 is 9.88 Å². The lowest BCUT2D eigenvalue weighted by atomic mass is 10.2. The molecule has 2 rings (SSSR count). The van der Waals surface area contributed by atoms with Gasteiger partial charge in [-0.15, -0.1) is 0 Å². The number of nitrogens with one attached hydrogen (secondary N) is 1.